The molecule has 0 spiro atoms. The van der Waals surface area contributed by atoms with Gasteiger partial charge in [0, 0.05) is 31.4 Å². The van der Waals surface area contributed by atoms with E-state index in [4.69, 9.17) is 26.6 Å². The van der Waals surface area contributed by atoms with Crippen LogP contribution in [-0.2, 0) is 4.74 Å². The van der Waals surface area contributed by atoms with Gasteiger partial charge in [-0.2, -0.15) is 10.2 Å². The Labute approximate surface area is 180 Å². The summed E-state index contributed by atoms with van der Waals surface area (Å²) in [6.45, 7) is 4.64. The normalized spacial score (nSPS) is 15.3. The average Bonchev–Trinajstić information content (AvgIpc) is 2.74. The van der Waals surface area contributed by atoms with E-state index < -0.39 is 5.82 Å². The summed E-state index contributed by atoms with van der Waals surface area (Å²) in [4.78, 5) is 13.6. The molecule has 1 amide bonds. The van der Waals surface area contributed by atoms with E-state index in [1.54, 1.807) is 4.90 Å². The summed E-state index contributed by atoms with van der Waals surface area (Å²) in [5, 5.41) is 16.0. The van der Waals surface area contributed by atoms with E-state index in [1.807, 2.05) is 13.8 Å². The van der Waals surface area contributed by atoms with Gasteiger partial charge in [0.15, 0.2) is 11.6 Å². The predicted molar refractivity (Wildman–Crippen MR) is 117 cm³/mol. The molecule has 1 aliphatic heterocycles. The molecular formula is C19H29FN8O3. The fraction of sp³-hybridized carbons (Fsp3) is 0.474. The van der Waals surface area contributed by atoms with E-state index in [0.29, 0.717) is 37.3 Å². The van der Waals surface area contributed by atoms with Gasteiger partial charge < -0.3 is 31.1 Å². The fourth-order valence-corrected chi connectivity index (χ4v) is 2.81. The number of anilines is 1. The van der Waals surface area contributed by atoms with Crippen molar-refractivity contribution in [2.24, 2.45) is 21.9 Å². The maximum Gasteiger partial charge on any atom is 0.410 e. The Hall–Kier alpha value is -3.41. The van der Waals surface area contributed by atoms with E-state index in [1.165, 1.54) is 18.2 Å². The molecule has 1 aromatic carbocycles. The van der Waals surface area contributed by atoms with Gasteiger partial charge in [0.05, 0.1) is 11.8 Å². The van der Waals surface area contributed by atoms with E-state index in [9.17, 15) is 9.18 Å². The molecule has 2 rings (SSSR count). The number of likely N-dealkylation sites (tertiary alicyclic amines) is 1. The first-order valence-electron chi connectivity index (χ1n) is 9.81. The first kappa shape index (κ1) is 23.9. The Balaban J connectivity index is 1.84. The first-order chi connectivity index (χ1) is 14.8. The number of nitrogens with two attached hydrogens (primary N) is 2. The van der Waals surface area contributed by atoms with Crippen molar-refractivity contribution in [3.05, 3.63) is 24.0 Å². The highest BCUT2D eigenvalue weighted by molar-refractivity contribution is 6.30. The minimum Gasteiger partial charge on any atom is -0.484 e. The molecule has 12 heteroatoms. The van der Waals surface area contributed by atoms with Crippen LogP contribution >= 0.6 is 0 Å². The SMILES string of the molecule is CC(C)OC(=O)N1CCC(N/N=C(\C=N)COc2ccc(N(N)/C=N\N)cc2F)CC1. The number of ether oxygens (including phenoxy) is 2. The number of hydrazone groups is 2. The van der Waals surface area contributed by atoms with Crippen molar-refractivity contribution in [2.45, 2.75) is 38.8 Å². The molecule has 31 heavy (non-hydrogen) atoms. The number of benzene rings is 1. The molecule has 1 saturated heterocycles. The van der Waals surface area contributed by atoms with E-state index in [2.05, 4.69) is 15.6 Å². The molecule has 11 nitrogen and oxygen atoms in total. The van der Waals surface area contributed by atoms with Crippen LogP contribution < -0.4 is 26.9 Å². The van der Waals surface area contributed by atoms with Crippen LogP contribution in [-0.4, -0.2) is 61.1 Å². The molecule has 0 aliphatic carbocycles. The Kier molecular flexibility index (Phi) is 9.00. The second kappa shape index (κ2) is 11.7. The minimum atomic E-state index is -0.628. The van der Waals surface area contributed by atoms with Crippen LogP contribution in [0.25, 0.3) is 0 Å². The maximum atomic E-state index is 14.2. The molecule has 170 valence electrons. The summed E-state index contributed by atoms with van der Waals surface area (Å²) in [6, 6.07) is 4.18. The van der Waals surface area contributed by atoms with Crippen LogP contribution in [0, 0.1) is 11.2 Å². The minimum absolute atomic E-state index is 0.00615. The zero-order valence-corrected chi connectivity index (χ0v) is 17.6. The summed E-state index contributed by atoms with van der Waals surface area (Å²) in [6.07, 6.45) is 3.10. The van der Waals surface area contributed by atoms with Gasteiger partial charge >= 0.3 is 6.09 Å². The zero-order valence-electron chi connectivity index (χ0n) is 17.6. The van der Waals surface area contributed by atoms with Crippen LogP contribution in [0.15, 0.2) is 28.4 Å². The standard InChI is InChI=1S/C19H29FN8O3/c1-13(2)31-19(29)27-7-5-14(6-8-27)25-26-15(10-21)11-30-18-4-3-16(9-17(18)20)28(23)12-24-22/h3-4,9-10,12-14,21,25H,5-8,11,22-23H2,1-2H3/b21-10?,24-12-,26-15+. The van der Waals surface area contributed by atoms with Gasteiger partial charge in [-0.25, -0.2) is 15.0 Å². The Morgan fingerprint density at radius 3 is 2.74 bits per heavy atom. The smallest absolute Gasteiger partial charge is 0.410 e. The van der Waals surface area contributed by atoms with Crippen LogP contribution in [0.1, 0.15) is 26.7 Å². The molecule has 1 aromatic rings. The van der Waals surface area contributed by atoms with Crippen molar-refractivity contribution in [1.29, 1.82) is 5.41 Å². The number of hydrazine groups is 1. The molecule has 1 fully saturated rings. The number of nitrogens with zero attached hydrogens (tertiary/aromatic N) is 4. The number of hydrogen-bond donors (Lipinski definition) is 4. The Morgan fingerprint density at radius 2 is 2.16 bits per heavy atom. The second-order valence-corrected chi connectivity index (χ2v) is 7.15. The van der Waals surface area contributed by atoms with Crippen molar-refractivity contribution < 1.29 is 18.7 Å². The molecule has 0 unspecified atom stereocenters. The van der Waals surface area contributed by atoms with Gasteiger partial charge in [-0.15, -0.1) is 0 Å². The van der Waals surface area contributed by atoms with E-state index in [0.717, 1.165) is 17.6 Å². The maximum absolute atomic E-state index is 14.2. The lowest BCUT2D eigenvalue weighted by atomic mass is 10.1. The third-order valence-electron chi connectivity index (χ3n) is 4.43. The zero-order chi connectivity index (χ0) is 22.8. The number of hydrogen-bond acceptors (Lipinski definition) is 9. The highest BCUT2D eigenvalue weighted by atomic mass is 19.1. The lowest BCUT2D eigenvalue weighted by Gasteiger charge is -2.31. The number of halogens is 1. The monoisotopic (exact) mass is 436 g/mol. The predicted octanol–water partition coefficient (Wildman–Crippen LogP) is 1.39. The molecular weight excluding hydrogens is 407 g/mol. The number of nitrogens with one attached hydrogen (secondary N) is 2. The van der Waals surface area contributed by atoms with Crippen molar-refractivity contribution in [2.75, 3.05) is 24.7 Å². The molecule has 0 saturated carbocycles. The summed E-state index contributed by atoms with van der Waals surface area (Å²) in [7, 11) is 0. The van der Waals surface area contributed by atoms with Crippen molar-refractivity contribution in [3.63, 3.8) is 0 Å². The number of carbonyl (C=O) groups is 1. The van der Waals surface area contributed by atoms with Gasteiger partial charge in [0.25, 0.3) is 0 Å². The van der Waals surface area contributed by atoms with Crippen LogP contribution in [0.3, 0.4) is 0 Å². The molecule has 0 aromatic heterocycles. The van der Waals surface area contributed by atoms with Gasteiger partial charge in [0.2, 0.25) is 0 Å². The summed E-state index contributed by atoms with van der Waals surface area (Å²) in [5.74, 6) is 10.0. The first-order valence-corrected chi connectivity index (χ1v) is 9.81. The van der Waals surface area contributed by atoms with E-state index >= 15 is 0 Å². The molecule has 0 atom stereocenters. The van der Waals surface area contributed by atoms with Crippen LogP contribution in [0.4, 0.5) is 14.9 Å². The summed E-state index contributed by atoms with van der Waals surface area (Å²) < 4.78 is 24.8. The summed E-state index contributed by atoms with van der Waals surface area (Å²) in [5.41, 5.74) is 3.63. The number of carbonyl (C=O) groups excluding carboxylic acids is 1. The fourth-order valence-electron chi connectivity index (χ4n) is 2.81. The third-order valence-corrected chi connectivity index (χ3v) is 4.43. The highest BCUT2D eigenvalue weighted by Gasteiger charge is 2.24. The van der Waals surface area contributed by atoms with Crippen molar-refractivity contribution in [3.8, 4) is 5.75 Å². The Bertz CT molecular complexity index is 809. The summed E-state index contributed by atoms with van der Waals surface area (Å²) >= 11 is 0. The van der Waals surface area contributed by atoms with Crippen molar-refractivity contribution in [1.82, 2.24) is 10.3 Å². The third kappa shape index (κ3) is 7.41. The molecule has 6 N–H and O–H groups in total. The molecule has 1 aliphatic rings. The van der Waals surface area contributed by atoms with Gasteiger partial charge in [0.1, 0.15) is 18.7 Å². The largest absolute Gasteiger partial charge is 0.484 e. The highest BCUT2D eigenvalue weighted by Crippen LogP contribution is 2.22. The van der Waals surface area contributed by atoms with Gasteiger partial charge in [-0.05, 0) is 38.8 Å². The Morgan fingerprint density at radius 1 is 1.45 bits per heavy atom. The topological polar surface area (TPSA) is 155 Å². The van der Waals surface area contributed by atoms with Crippen LogP contribution in [0.5, 0.6) is 5.75 Å². The van der Waals surface area contributed by atoms with E-state index in [-0.39, 0.29) is 30.6 Å². The second-order valence-electron chi connectivity index (χ2n) is 7.15. The molecule has 1 heterocycles. The van der Waals surface area contributed by atoms with Gasteiger partial charge in [-0.3, -0.25) is 5.01 Å². The average molecular weight is 436 g/mol. The lowest BCUT2D eigenvalue weighted by Crippen LogP contribution is -2.44. The number of amides is 1. The van der Waals surface area contributed by atoms with Crippen LogP contribution in [0.2, 0.25) is 0 Å². The molecule has 0 radical (unpaired) electrons. The lowest BCUT2D eigenvalue weighted by molar-refractivity contribution is 0.0679. The quantitative estimate of drug-likeness (QED) is 0.197. The van der Waals surface area contributed by atoms with Crippen molar-refractivity contribution >= 4 is 30.0 Å². The number of rotatable bonds is 9. The van der Waals surface area contributed by atoms with Gasteiger partial charge in [-0.1, -0.05) is 0 Å². The molecule has 0 bridgehead atoms. The number of piperidine rings is 1.